The van der Waals surface area contributed by atoms with E-state index in [-0.39, 0.29) is 6.42 Å². The Morgan fingerprint density at radius 1 is 1.47 bits per heavy atom. The summed E-state index contributed by atoms with van der Waals surface area (Å²) in [5, 5.41) is 11.0. The minimum atomic E-state index is -0.876. The summed E-state index contributed by atoms with van der Waals surface area (Å²) >= 11 is 2.74. The van der Waals surface area contributed by atoms with Crippen LogP contribution in [0.1, 0.15) is 11.3 Å². The second-order valence-corrected chi connectivity index (χ2v) is 5.39. The van der Waals surface area contributed by atoms with Crippen molar-refractivity contribution in [2.75, 3.05) is 0 Å². The van der Waals surface area contributed by atoms with Crippen LogP contribution in [0.4, 0.5) is 0 Å². The van der Waals surface area contributed by atoms with Gasteiger partial charge in [-0.1, -0.05) is 0 Å². The number of carboxylic acids is 1. The molecule has 0 unspecified atom stereocenters. The molecule has 0 aliphatic heterocycles. The molecule has 0 saturated heterocycles. The Hall–Kier alpha value is -1.47. The minimum absolute atomic E-state index is 0.0498. The van der Waals surface area contributed by atoms with Gasteiger partial charge in [0.15, 0.2) is 9.50 Å². The Kier molecular flexibility index (Phi) is 3.70. The van der Waals surface area contributed by atoms with Gasteiger partial charge in [0.25, 0.3) is 0 Å². The molecular formula is C10H9N3O2S2. The molecule has 0 amide bonds. The maximum atomic E-state index is 10.5. The maximum absolute atomic E-state index is 10.5. The third-order valence-corrected chi connectivity index (χ3v) is 3.68. The fourth-order valence-electron chi connectivity index (χ4n) is 1.08. The first-order chi connectivity index (χ1) is 8.13. The number of rotatable bonds is 4. The number of carbonyl (C=O) groups is 1. The van der Waals surface area contributed by atoms with E-state index in [1.807, 2.05) is 6.92 Å². The molecule has 2 aromatic rings. The summed E-state index contributed by atoms with van der Waals surface area (Å²) in [5.74, 6) is -0.876. The van der Waals surface area contributed by atoms with Gasteiger partial charge in [0.05, 0.1) is 12.1 Å². The van der Waals surface area contributed by atoms with Crippen LogP contribution in [0.15, 0.2) is 27.3 Å². The van der Waals surface area contributed by atoms with Crippen LogP contribution in [0.3, 0.4) is 0 Å². The van der Waals surface area contributed by atoms with Gasteiger partial charge in [-0.05, 0) is 24.2 Å². The van der Waals surface area contributed by atoms with Gasteiger partial charge in [0.1, 0.15) is 0 Å². The topological polar surface area (TPSA) is 76.0 Å². The molecule has 0 saturated carbocycles. The van der Waals surface area contributed by atoms with Crippen LogP contribution in [-0.2, 0) is 11.2 Å². The Morgan fingerprint density at radius 2 is 2.18 bits per heavy atom. The van der Waals surface area contributed by atoms with Crippen LogP contribution in [-0.4, -0.2) is 26.0 Å². The number of aliphatic carboxylic acids is 1. The predicted octanol–water partition coefficient (Wildman–Crippen LogP) is 2.02. The standard InChI is InChI=1S/C10H9N3O2S2/c1-6-3-11-9(12-4-6)17-10-13-7(5-16-10)2-8(14)15/h3-5H,2H2,1H3,(H,14,15). The Bertz CT molecular complexity index is 525. The molecule has 7 heteroatoms. The van der Waals surface area contributed by atoms with Gasteiger partial charge in [0, 0.05) is 17.8 Å². The monoisotopic (exact) mass is 267 g/mol. The fraction of sp³-hybridized carbons (Fsp3) is 0.200. The molecule has 88 valence electrons. The molecule has 2 heterocycles. The first-order valence-corrected chi connectivity index (χ1v) is 6.46. The lowest BCUT2D eigenvalue weighted by atomic mass is 10.3. The van der Waals surface area contributed by atoms with Crippen molar-refractivity contribution in [1.29, 1.82) is 0 Å². The lowest BCUT2D eigenvalue weighted by Gasteiger charge is -1.95. The van der Waals surface area contributed by atoms with Crippen LogP contribution >= 0.6 is 23.1 Å². The second kappa shape index (κ2) is 5.24. The van der Waals surface area contributed by atoms with E-state index in [0.717, 1.165) is 9.90 Å². The van der Waals surface area contributed by atoms with Crippen molar-refractivity contribution in [3.05, 3.63) is 29.0 Å². The average Bonchev–Trinajstić information content (AvgIpc) is 2.68. The Morgan fingerprint density at radius 3 is 2.82 bits per heavy atom. The number of aromatic nitrogens is 3. The molecule has 2 rings (SSSR count). The van der Waals surface area contributed by atoms with Gasteiger partial charge < -0.3 is 5.11 Å². The summed E-state index contributed by atoms with van der Waals surface area (Å²) in [6.45, 7) is 1.92. The highest BCUT2D eigenvalue weighted by atomic mass is 32.2. The molecular weight excluding hydrogens is 258 g/mol. The van der Waals surface area contributed by atoms with Gasteiger partial charge in [-0.15, -0.1) is 11.3 Å². The highest BCUT2D eigenvalue weighted by Gasteiger charge is 2.08. The van der Waals surface area contributed by atoms with Crippen LogP contribution in [0, 0.1) is 6.92 Å². The van der Waals surface area contributed by atoms with Crippen LogP contribution in [0.25, 0.3) is 0 Å². The maximum Gasteiger partial charge on any atom is 0.309 e. The van der Waals surface area contributed by atoms with E-state index < -0.39 is 5.97 Å². The molecule has 0 radical (unpaired) electrons. The van der Waals surface area contributed by atoms with Crippen molar-refractivity contribution in [1.82, 2.24) is 15.0 Å². The molecule has 17 heavy (non-hydrogen) atoms. The van der Waals surface area contributed by atoms with Crippen molar-refractivity contribution in [2.45, 2.75) is 22.8 Å². The van der Waals surface area contributed by atoms with Crippen LogP contribution < -0.4 is 0 Å². The summed E-state index contributed by atoms with van der Waals surface area (Å²) in [6, 6.07) is 0. The molecule has 0 spiro atoms. The largest absolute Gasteiger partial charge is 0.481 e. The van der Waals surface area contributed by atoms with Gasteiger partial charge in [-0.25, -0.2) is 15.0 Å². The van der Waals surface area contributed by atoms with Gasteiger partial charge in [-0.3, -0.25) is 4.79 Å². The molecule has 2 aromatic heterocycles. The zero-order chi connectivity index (χ0) is 12.3. The zero-order valence-corrected chi connectivity index (χ0v) is 10.6. The van der Waals surface area contributed by atoms with E-state index in [1.54, 1.807) is 17.8 Å². The summed E-state index contributed by atoms with van der Waals surface area (Å²) in [6.07, 6.45) is 3.42. The summed E-state index contributed by atoms with van der Waals surface area (Å²) in [5.41, 5.74) is 1.57. The number of hydrogen-bond donors (Lipinski definition) is 1. The summed E-state index contributed by atoms with van der Waals surface area (Å²) < 4.78 is 0.755. The van der Waals surface area contributed by atoms with Crippen molar-refractivity contribution >= 4 is 29.1 Å². The lowest BCUT2D eigenvalue weighted by molar-refractivity contribution is -0.136. The number of carboxylic acid groups (broad SMARTS) is 1. The molecule has 0 aliphatic carbocycles. The van der Waals surface area contributed by atoms with Crippen LogP contribution in [0.5, 0.6) is 0 Å². The van der Waals surface area contributed by atoms with E-state index in [4.69, 9.17) is 5.11 Å². The van der Waals surface area contributed by atoms with E-state index in [1.165, 1.54) is 23.1 Å². The Labute approximate surface area is 106 Å². The second-order valence-electron chi connectivity index (χ2n) is 3.32. The molecule has 0 aromatic carbocycles. The Balaban J connectivity index is 2.06. The van der Waals surface area contributed by atoms with Gasteiger partial charge >= 0.3 is 5.97 Å². The van der Waals surface area contributed by atoms with Crippen molar-refractivity contribution < 1.29 is 9.90 Å². The van der Waals surface area contributed by atoms with Crippen molar-refractivity contribution in [3.8, 4) is 0 Å². The predicted molar refractivity (Wildman–Crippen MR) is 64.3 cm³/mol. The van der Waals surface area contributed by atoms with E-state index in [2.05, 4.69) is 15.0 Å². The first kappa shape index (κ1) is 12.0. The number of aryl methyl sites for hydroxylation is 1. The lowest BCUT2D eigenvalue weighted by Crippen LogP contribution is -1.99. The molecule has 0 aliphatic rings. The molecule has 0 fully saturated rings. The minimum Gasteiger partial charge on any atom is -0.481 e. The van der Waals surface area contributed by atoms with Crippen molar-refractivity contribution in [2.24, 2.45) is 0 Å². The molecule has 5 nitrogen and oxygen atoms in total. The third kappa shape index (κ3) is 3.50. The van der Waals surface area contributed by atoms with Crippen molar-refractivity contribution in [3.63, 3.8) is 0 Å². The fourth-order valence-corrected chi connectivity index (χ4v) is 2.72. The molecule has 1 N–H and O–H groups in total. The zero-order valence-electron chi connectivity index (χ0n) is 8.95. The molecule has 0 bridgehead atoms. The summed E-state index contributed by atoms with van der Waals surface area (Å²) in [7, 11) is 0. The summed E-state index contributed by atoms with van der Waals surface area (Å²) in [4.78, 5) is 23.0. The SMILES string of the molecule is Cc1cnc(Sc2nc(CC(=O)O)cs2)nc1. The van der Waals surface area contributed by atoms with E-state index in [9.17, 15) is 4.79 Å². The molecule has 0 atom stereocenters. The smallest absolute Gasteiger partial charge is 0.309 e. The van der Waals surface area contributed by atoms with Gasteiger partial charge in [0.2, 0.25) is 0 Å². The highest BCUT2D eigenvalue weighted by Crippen LogP contribution is 2.27. The van der Waals surface area contributed by atoms with E-state index >= 15 is 0 Å². The highest BCUT2D eigenvalue weighted by molar-refractivity contribution is 8.00. The van der Waals surface area contributed by atoms with Gasteiger partial charge in [-0.2, -0.15) is 0 Å². The number of nitrogens with zero attached hydrogens (tertiary/aromatic N) is 3. The quantitative estimate of drug-likeness (QED) is 0.854. The normalized spacial score (nSPS) is 10.4. The first-order valence-electron chi connectivity index (χ1n) is 4.76. The van der Waals surface area contributed by atoms with E-state index in [0.29, 0.717) is 10.9 Å². The average molecular weight is 267 g/mol. The van der Waals surface area contributed by atoms with Crippen LogP contribution in [0.2, 0.25) is 0 Å². The third-order valence-electron chi connectivity index (χ3n) is 1.80. The number of thiazole rings is 1. The number of hydrogen-bond acceptors (Lipinski definition) is 6.